The molecule has 5 nitrogen and oxygen atoms in total. The van der Waals surface area contributed by atoms with Crippen LogP contribution in [0.15, 0.2) is 34.2 Å². The first-order valence-corrected chi connectivity index (χ1v) is 6.31. The molecule has 7 heteroatoms. The molecule has 0 bridgehead atoms. The highest BCUT2D eigenvalue weighted by Gasteiger charge is 2.10. The first kappa shape index (κ1) is 12.8. The maximum Gasteiger partial charge on any atom is 0.343 e. The number of aromatic nitrogens is 3. The van der Waals surface area contributed by atoms with Gasteiger partial charge in [-0.3, -0.25) is 4.57 Å². The summed E-state index contributed by atoms with van der Waals surface area (Å²) in [6, 6.07) is 5.88. The average Bonchev–Trinajstić information content (AvgIpc) is 2.67. The zero-order chi connectivity index (χ0) is 13.1. The van der Waals surface area contributed by atoms with E-state index >= 15 is 0 Å². The summed E-state index contributed by atoms with van der Waals surface area (Å²) in [6.07, 6.45) is 0. The summed E-state index contributed by atoms with van der Waals surface area (Å²) in [5.41, 5.74) is 6.41. The lowest BCUT2D eigenvalue weighted by molar-refractivity contribution is 0.622. The second-order valence-electron chi connectivity index (χ2n) is 3.84. The van der Waals surface area contributed by atoms with Crippen molar-refractivity contribution in [2.24, 2.45) is 12.8 Å². The normalized spacial score (nSPS) is 12.6. The van der Waals surface area contributed by atoms with E-state index in [0.717, 1.165) is 5.56 Å². The molecule has 0 aliphatic rings. The predicted molar refractivity (Wildman–Crippen MR) is 67.9 cm³/mol. The predicted octanol–water partition coefficient (Wildman–Crippen LogP) is 1.04. The van der Waals surface area contributed by atoms with E-state index in [-0.39, 0.29) is 17.5 Å². The Bertz CT molecular complexity index is 595. The molecule has 1 heterocycles. The van der Waals surface area contributed by atoms with E-state index in [1.807, 2.05) is 0 Å². The summed E-state index contributed by atoms with van der Waals surface area (Å²) in [7, 11) is 1.63. The first-order chi connectivity index (χ1) is 8.58. The number of nitrogens with two attached hydrogens (primary N) is 1. The summed E-state index contributed by atoms with van der Waals surface area (Å²) in [5, 5.41) is 6.76. The van der Waals surface area contributed by atoms with Crippen LogP contribution in [0.25, 0.3) is 0 Å². The van der Waals surface area contributed by atoms with E-state index in [2.05, 4.69) is 10.2 Å². The smallest absolute Gasteiger partial charge is 0.323 e. The number of thioether (sulfide) groups is 1. The quantitative estimate of drug-likeness (QED) is 0.812. The van der Waals surface area contributed by atoms with E-state index < -0.39 is 0 Å². The van der Waals surface area contributed by atoms with Gasteiger partial charge in [0, 0.05) is 18.8 Å². The number of hydrogen-bond donors (Lipinski definition) is 2. The van der Waals surface area contributed by atoms with Gasteiger partial charge in [0.2, 0.25) is 0 Å². The number of aromatic amines is 1. The highest BCUT2D eigenvalue weighted by Crippen LogP contribution is 2.20. The highest BCUT2D eigenvalue weighted by molar-refractivity contribution is 7.99. The fourth-order valence-electron chi connectivity index (χ4n) is 1.46. The minimum atomic E-state index is -0.308. The molecule has 1 unspecified atom stereocenters. The van der Waals surface area contributed by atoms with E-state index in [9.17, 15) is 9.18 Å². The van der Waals surface area contributed by atoms with Gasteiger partial charge in [0.05, 0.1) is 0 Å². The Morgan fingerprint density at radius 2 is 2.39 bits per heavy atom. The molecule has 2 rings (SSSR count). The van der Waals surface area contributed by atoms with Gasteiger partial charge in [-0.2, -0.15) is 0 Å². The molecule has 0 radical (unpaired) electrons. The van der Waals surface area contributed by atoms with Gasteiger partial charge in [-0.15, -0.1) is 5.10 Å². The van der Waals surface area contributed by atoms with Gasteiger partial charge in [-0.25, -0.2) is 14.3 Å². The van der Waals surface area contributed by atoms with Crippen molar-refractivity contribution in [2.75, 3.05) is 5.75 Å². The molecular formula is C11H13FN4OS. The third-order valence-electron chi connectivity index (χ3n) is 2.51. The lowest BCUT2D eigenvalue weighted by Crippen LogP contribution is -2.15. The fraction of sp³-hybridized carbons (Fsp3) is 0.273. The van der Waals surface area contributed by atoms with Crippen LogP contribution in [-0.4, -0.2) is 20.5 Å². The van der Waals surface area contributed by atoms with Gasteiger partial charge >= 0.3 is 5.69 Å². The molecule has 1 aromatic heterocycles. The Balaban J connectivity index is 2.02. The maximum atomic E-state index is 13.0. The zero-order valence-electron chi connectivity index (χ0n) is 9.76. The van der Waals surface area contributed by atoms with Crippen LogP contribution in [0.2, 0.25) is 0 Å². The van der Waals surface area contributed by atoms with Crippen LogP contribution < -0.4 is 11.4 Å². The highest BCUT2D eigenvalue weighted by atomic mass is 32.2. The van der Waals surface area contributed by atoms with Gasteiger partial charge in [0.15, 0.2) is 5.16 Å². The third kappa shape index (κ3) is 2.80. The second kappa shape index (κ2) is 5.36. The molecule has 3 N–H and O–H groups in total. The molecule has 0 aliphatic heterocycles. The molecule has 0 saturated heterocycles. The molecule has 1 atom stereocenters. The number of hydrogen-bond acceptors (Lipinski definition) is 4. The van der Waals surface area contributed by atoms with Gasteiger partial charge in [-0.1, -0.05) is 23.9 Å². The Kier molecular flexibility index (Phi) is 3.83. The van der Waals surface area contributed by atoms with Gasteiger partial charge < -0.3 is 5.73 Å². The van der Waals surface area contributed by atoms with Crippen LogP contribution in [0.5, 0.6) is 0 Å². The summed E-state index contributed by atoms with van der Waals surface area (Å²) in [5.74, 6) is 0.210. The average molecular weight is 268 g/mol. The molecule has 0 spiro atoms. The van der Waals surface area contributed by atoms with Gasteiger partial charge in [-0.05, 0) is 17.7 Å². The largest absolute Gasteiger partial charge is 0.343 e. The van der Waals surface area contributed by atoms with Crippen LogP contribution in [0, 0.1) is 5.82 Å². The molecule has 2 aromatic rings. The SMILES string of the molecule is Cn1c(SCC(N)c2cccc(F)c2)n[nH]c1=O. The third-order valence-corrected chi connectivity index (χ3v) is 3.66. The van der Waals surface area contributed by atoms with E-state index in [1.165, 1.54) is 28.5 Å². The Morgan fingerprint density at radius 3 is 3.00 bits per heavy atom. The van der Waals surface area contributed by atoms with Crippen molar-refractivity contribution in [1.82, 2.24) is 14.8 Å². The molecular weight excluding hydrogens is 255 g/mol. The van der Waals surface area contributed by atoms with Gasteiger partial charge in [0.1, 0.15) is 5.82 Å². The molecule has 18 heavy (non-hydrogen) atoms. The minimum absolute atomic E-state index is 0.267. The number of benzene rings is 1. The topological polar surface area (TPSA) is 76.7 Å². The zero-order valence-corrected chi connectivity index (χ0v) is 10.6. The number of halogens is 1. The molecule has 0 fully saturated rings. The first-order valence-electron chi connectivity index (χ1n) is 5.33. The molecule has 96 valence electrons. The van der Waals surface area contributed by atoms with Crippen molar-refractivity contribution < 1.29 is 4.39 Å². The van der Waals surface area contributed by atoms with Crippen LogP contribution in [-0.2, 0) is 7.05 Å². The van der Waals surface area contributed by atoms with Gasteiger partial charge in [0.25, 0.3) is 0 Å². The van der Waals surface area contributed by atoms with E-state index in [4.69, 9.17) is 5.73 Å². The monoisotopic (exact) mass is 268 g/mol. The summed E-state index contributed by atoms with van der Waals surface area (Å²) < 4.78 is 14.4. The molecule has 0 saturated carbocycles. The van der Waals surface area contributed by atoms with Crippen LogP contribution in [0.4, 0.5) is 4.39 Å². The Hall–Kier alpha value is -1.60. The summed E-state index contributed by atoms with van der Waals surface area (Å²) >= 11 is 1.35. The minimum Gasteiger partial charge on any atom is -0.323 e. The fourth-order valence-corrected chi connectivity index (χ4v) is 2.37. The van der Waals surface area contributed by atoms with Crippen LogP contribution in [0.1, 0.15) is 11.6 Å². The van der Waals surface area contributed by atoms with E-state index in [1.54, 1.807) is 19.2 Å². The van der Waals surface area contributed by atoms with Crippen molar-refractivity contribution in [3.8, 4) is 0 Å². The number of nitrogens with zero attached hydrogens (tertiary/aromatic N) is 2. The van der Waals surface area contributed by atoms with Crippen LogP contribution >= 0.6 is 11.8 Å². The van der Waals surface area contributed by atoms with Crippen molar-refractivity contribution in [3.05, 3.63) is 46.1 Å². The molecule has 0 aliphatic carbocycles. The number of H-pyrrole nitrogens is 1. The molecule has 1 aromatic carbocycles. The van der Waals surface area contributed by atoms with Crippen molar-refractivity contribution in [2.45, 2.75) is 11.2 Å². The summed E-state index contributed by atoms with van der Waals surface area (Å²) in [4.78, 5) is 11.1. The lowest BCUT2D eigenvalue weighted by atomic mass is 10.1. The summed E-state index contributed by atoms with van der Waals surface area (Å²) in [6.45, 7) is 0. The number of rotatable bonds is 4. The lowest BCUT2D eigenvalue weighted by Gasteiger charge is -2.10. The van der Waals surface area contributed by atoms with E-state index in [0.29, 0.717) is 10.9 Å². The molecule has 0 amide bonds. The Labute approximate surface area is 107 Å². The standard InChI is InChI=1S/C11H13FN4OS/c1-16-10(17)14-15-11(16)18-6-9(13)7-3-2-4-8(12)5-7/h2-5,9H,6,13H2,1H3,(H,14,17). The van der Waals surface area contributed by atoms with Crippen molar-refractivity contribution in [3.63, 3.8) is 0 Å². The Morgan fingerprint density at radius 1 is 1.61 bits per heavy atom. The van der Waals surface area contributed by atoms with Crippen LogP contribution in [0.3, 0.4) is 0 Å². The van der Waals surface area contributed by atoms with Crippen molar-refractivity contribution in [1.29, 1.82) is 0 Å². The number of nitrogens with one attached hydrogen (secondary N) is 1. The van der Waals surface area contributed by atoms with Crippen molar-refractivity contribution >= 4 is 11.8 Å². The second-order valence-corrected chi connectivity index (χ2v) is 4.83. The maximum absolute atomic E-state index is 13.0.